The fraction of sp³-hybridized carbons (Fsp3) is 0.476. The molecule has 1 saturated carbocycles. The summed E-state index contributed by atoms with van der Waals surface area (Å²) in [5, 5.41) is 0. The highest BCUT2D eigenvalue weighted by molar-refractivity contribution is 7.97. The molecule has 4 nitrogen and oxygen atoms in total. The molecule has 0 bridgehead atoms. The molecule has 26 heavy (non-hydrogen) atoms. The lowest BCUT2D eigenvalue weighted by atomic mass is 10.0. The molecule has 0 saturated heterocycles. The predicted molar refractivity (Wildman–Crippen MR) is 108 cm³/mol. The van der Waals surface area contributed by atoms with E-state index in [9.17, 15) is 4.79 Å². The van der Waals surface area contributed by atoms with E-state index in [1.807, 2.05) is 6.20 Å². The zero-order valence-electron chi connectivity index (χ0n) is 16.1. The molecule has 5 heteroatoms. The Morgan fingerprint density at radius 3 is 2.77 bits per heavy atom. The van der Waals surface area contributed by atoms with Crippen molar-refractivity contribution in [2.24, 2.45) is 5.92 Å². The van der Waals surface area contributed by atoms with Crippen LogP contribution in [-0.2, 0) is 11.3 Å². The van der Waals surface area contributed by atoms with E-state index in [-0.39, 0.29) is 0 Å². The quantitative estimate of drug-likeness (QED) is 0.376. The average molecular weight is 373 g/mol. The molecular formula is C21H28N2O2S. The van der Waals surface area contributed by atoms with Gasteiger partial charge in [-0.1, -0.05) is 18.6 Å². The Morgan fingerprint density at radius 2 is 2.15 bits per heavy atom. The first-order valence-corrected chi connectivity index (χ1v) is 10.0. The van der Waals surface area contributed by atoms with E-state index in [0.29, 0.717) is 5.92 Å². The second-order valence-corrected chi connectivity index (χ2v) is 8.47. The molecule has 0 radical (unpaired) electrons. The second-order valence-electron chi connectivity index (χ2n) is 7.33. The summed E-state index contributed by atoms with van der Waals surface area (Å²) in [5.74, 6) is 1.63. The lowest BCUT2D eigenvalue weighted by molar-refractivity contribution is -0.114. The van der Waals surface area contributed by atoms with Gasteiger partial charge in [0.1, 0.15) is 5.75 Å². The number of ether oxygens (including phenoxy) is 1. The zero-order valence-corrected chi connectivity index (χ0v) is 16.9. The molecule has 0 aromatic heterocycles. The smallest absolute Gasteiger partial charge is 0.213 e. The Kier molecular flexibility index (Phi) is 6.09. The van der Waals surface area contributed by atoms with E-state index in [1.54, 1.807) is 23.9 Å². The molecular weight excluding hydrogens is 344 g/mol. The number of carbonyl (C=O) groups is 1. The van der Waals surface area contributed by atoms with Gasteiger partial charge in [-0.3, -0.25) is 4.79 Å². The van der Waals surface area contributed by atoms with Gasteiger partial charge in [-0.2, -0.15) is 0 Å². The Hall–Kier alpha value is -1.72. The first kappa shape index (κ1) is 19.1. The maximum Gasteiger partial charge on any atom is 0.213 e. The molecule has 1 heterocycles. The first-order valence-electron chi connectivity index (χ1n) is 9.27. The minimum absolute atomic E-state index is 0.700. The Bertz CT molecular complexity index is 734. The second kappa shape index (κ2) is 8.31. The summed E-state index contributed by atoms with van der Waals surface area (Å²) < 4.78 is 8.58. The number of hydrogen-bond donors (Lipinski definition) is 0. The van der Waals surface area contributed by atoms with Crippen molar-refractivity contribution in [3.8, 4) is 5.75 Å². The van der Waals surface area contributed by atoms with Gasteiger partial charge in [0.15, 0.2) is 0 Å². The summed E-state index contributed by atoms with van der Waals surface area (Å²) in [6, 6.07) is 4.42. The van der Waals surface area contributed by atoms with Gasteiger partial charge in [0.25, 0.3) is 0 Å². The zero-order chi connectivity index (χ0) is 18.7. The van der Waals surface area contributed by atoms with E-state index >= 15 is 0 Å². The highest BCUT2D eigenvalue weighted by Gasteiger charge is 2.25. The van der Waals surface area contributed by atoms with E-state index in [1.165, 1.54) is 28.9 Å². The first-order chi connectivity index (χ1) is 12.5. The molecule has 1 aliphatic carbocycles. The van der Waals surface area contributed by atoms with Crippen LogP contribution < -0.4 is 4.74 Å². The van der Waals surface area contributed by atoms with Crippen LogP contribution in [0.5, 0.6) is 5.75 Å². The summed E-state index contributed by atoms with van der Waals surface area (Å²) >= 11 is 1.80. The van der Waals surface area contributed by atoms with Crippen LogP contribution in [0.15, 0.2) is 34.9 Å². The van der Waals surface area contributed by atoms with Crippen LogP contribution in [-0.4, -0.2) is 35.8 Å². The largest absolute Gasteiger partial charge is 0.493 e. The fourth-order valence-electron chi connectivity index (χ4n) is 2.93. The molecule has 0 spiro atoms. The van der Waals surface area contributed by atoms with Crippen molar-refractivity contribution in [1.29, 1.82) is 0 Å². The fourth-order valence-corrected chi connectivity index (χ4v) is 3.95. The van der Waals surface area contributed by atoms with Crippen molar-refractivity contribution >= 4 is 23.9 Å². The number of nitrogens with zero attached hydrogens (tertiary/aromatic N) is 2. The number of fused-ring (bicyclic) bond motifs is 1. The number of rotatable bonds is 8. The summed E-state index contributed by atoms with van der Waals surface area (Å²) in [6.45, 7) is 9.06. The van der Waals surface area contributed by atoms with Crippen molar-refractivity contribution in [2.75, 3.05) is 20.2 Å². The van der Waals surface area contributed by atoms with Crippen molar-refractivity contribution < 1.29 is 9.53 Å². The van der Waals surface area contributed by atoms with Gasteiger partial charge in [0, 0.05) is 42.4 Å². The Morgan fingerprint density at radius 1 is 1.38 bits per heavy atom. The third-order valence-corrected chi connectivity index (χ3v) is 5.75. The van der Waals surface area contributed by atoms with Gasteiger partial charge in [0.2, 0.25) is 6.41 Å². The topological polar surface area (TPSA) is 32.8 Å². The predicted octanol–water partition coefficient (Wildman–Crippen LogP) is 4.71. The van der Waals surface area contributed by atoms with Gasteiger partial charge < -0.3 is 9.64 Å². The van der Waals surface area contributed by atoms with Crippen LogP contribution in [0.3, 0.4) is 0 Å². The standard InChI is InChI=1S/C21H28N2O2S/c1-5-23-12-18-9-20(25-13-16-6-7-16)19(10-21(18)26-23)17(8-15(2)3)11-22(4)14-24/h8-11,14,16H,5-7,12-13H2,1-4H3/b17-11+. The van der Waals surface area contributed by atoms with Gasteiger partial charge >= 0.3 is 0 Å². The van der Waals surface area contributed by atoms with Gasteiger partial charge in [-0.05, 0) is 62.3 Å². The molecule has 1 amide bonds. The van der Waals surface area contributed by atoms with E-state index in [4.69, 9.17) is 4.74 Å². The van der Waals surface area contributed by atoms with Crippen molar-refractivity contribution in [1.82, 2.24) is 9.21 Å². The normalized spacial score (nSPS) is 17.0. The lowest BCUT2D eigenvalue weighted by Gasteiger charge is -2.16. The number of hydrogen-bond acceptors (Lipinski definition) is 4. The van der Waals surface area contributed by atoms with Crippen LogP contribution in [0.1, 0.15) is 44.7 Å². The summed E-state index contributed by atoms with van der Waals surface area (Å²) in [5.41, 5.74) is 4.58. The number of benzene rings is 1. The van der Waals surface area contributed by atoms with Crippen molar-refractivity contribution in [3.63, 3.8) is 0 Å². The Balaban J connectivity index is 2.02. The maximum atomic E-state index is 11.2. The highest BCUT2D eigenvalue weighted by atomic mass is 32.2. The van der Waals surface area contributed by atoms with E-state index in [0.717, 1.165) is 43.0 Å². The molecule has 0 atom stereocenters. The van der Waals surface area contributed by atoms with Gasteiger partial charge in [-0.15, -0.1) is 0 Å². The van der Waals surface area contributed by atoms with Crippen molar-refractivity contribution in [2.45, 2.75) is 45.1 Å². The summed E-state index contributed by atoms with van der Waals surface area (Å²) in [7, 11) is 1.76. The lowest BCUT2D eigenvalue weighted by Crippen LogP contribution is -2.09. The van der Waals surface area contributed by atoms with Crippen LogP contribution >= 0.6 is 11.9 Å². The van der Waals surface area contributed by atoms with E-state index < -0.39 is 0 Å². The molecule has 0 N–H and O–H groups in total. The molecule has 3 rings (SSSR count). The van der Waals surface area contributed by atoms with Crippen LogP contribution in [0.2, 0.25) is 0 Å². The summed E-state index contributed by atoms with van der Waals surface area (Å²) in [4.78, 5) is 14.0. The molecule has 1 aromatic carbocycles. The number of amides is 1. The van der Waals surface area contributed by atoms with Crippen LogP contribution in [0.4, 0.5) is 0 Å². The minimum atomic E-state index is 0.700. The third kappa shape index (κ3) is 4.71. The molecule has 1 fully saturated rings. The molecule has 2 aliphatic rings. The third-order valence-electron chi connectivity index (χ3n) is 4.53. The van der Waals surface area contributed by atoms with E-state index in [2.05, 4.69) is 43.3 Å². The Labute approximate surface area is 161 Å². The molecule has 1 aromatic rings. The van der Waals surface area contributed by atoms with Crippen LogP contribution in [0.25, 0.3) is 5.57 Å². The average Bonchev–Trinajstić information content (AvgIpc) is 3.35. The SMILES string of the molecule is CCN1Cc2cc(OCC3CC3)c(/C(C=C(C)C)=C/N(C)C=O)cc2S1. The molecule has 1 aliphatic heterocycles. The highest BCUT2D eigenvalue weighted by Crippen LogP contribution is 2.42. The van der Waals surface area contributed by atoms with Gasteiger partial charge in [-0.25, -0.2) is 4.31 Å². The summed E-state index contributed by atoms with van der Waals surface area (Å²) in [6.07, 6.45) is 7.35. The molecule has 0 unspecified atom stereocenters. The minimum Gasteiger partial charge on any atom is -0.493 e. The number of carbonyl (C=O) groups excluding carboxylic acids is 1. The maximum absolute atomic E-state index is 11.2. The monoisotopic (exact) mass is 372 g/mol. The van der Waals surface area contributed by atoms with Crippen LogP contribution in [0, 0.1) is 5.92 Å². The number of allylic oxidation sites excluding steroid dienone is 3. The van der Waals surface area contributed by atoms with Gasteiger partial charge in [0.05, 0.1) is 6.61 Å². The van der Waals surface area contributed by atoms with Crippen molar-refractivity contribution in [3.05, 3.63) is 41.1 Å². The molecule has 140 valence electrons.